The predicted octanol–water partition coefficient (Wildman–Crippen LogP) is 0.0461. The first kappa shape index (κ1) is 16.8. The Hall–Kier alpha value is -1.09. The Morgan fingerprint density at radius 2 is 1.83 bits per heavy atom. The number of aromatic nitrogens is 1. The fourth-order valence-electron chi connectivity index (χ4n) is 5.65. The zero-order valence-corrected chi connectivity index (χ0v) is 14.6. The lowest BCUT2D eigenvalue weighted by atomic mass is 9.50. The van der Waals surface area contributed by atoms with Crippen LogP contribution in [-0.2, 0) is 16.1 Å². The van der Waals surface area contributed by atoms with Crippen LogP contribution in [0.4, 0.5) is 0 Å². The van der Waals surface area contributed by atoms with Gasteiger partial charge in [0.1, 0.15) is 0 Å². The molecule has 4 fully saturated rings. The third-order valence-corrected chi connectivity index (χ3v) is 6.02. The number of carbonyl (C=O) groups excluding carboxylic acids is 1. The highest BCUT2D eigenvalue weighted by atomic mass is 35.5. The molecule has 4 saturated carbocycles. The van der Waals surface area contributed by atoms with Gasteiger partial charge in [-0.1, -0.05) is 0 Å². The molecule has 4 aliphatic rings. The fourth-order valence-corrected chi connectivity index (χ4v) is 5.65. The van der Waals surface area contributed by atoms with Crippen LogP contribution in [0.2, 0.25) is 0 Å². The first-order chi connectivity index (χ1) is 10.6. The number of hydrogen-bond donors (Lipinski definition) is 0. The molecule has 0 N–H and O–H groups in total. The first-order valence-electron chi connectivity index (χ1n) is 8.72. The van der Waals surface area contributed by atoms with Crippen molar-refractivity contribution in [2.24, 2.45) is 23.2 Å². The molecule has 0 spiro atoms. The van der Waals surface area contributed by atoms with E-state index in [4.69, 9.17) is 4.74 Å². The van der Waals surface area contributed by atoms with Crippen LogP contribution in [0.5, 0.6) is 0 Å². The summed E-state index contributed by atoms with van der Waals surface area (Å²) in [5, 5.41) is 0. The molecule has 1 aromatic heterocycles. The smallest absolute Gasteiger partial charge is 0.372 e. The Balaban J connectivity index is 0.00000156. The van der Waals surface area contributed by atoms with Crippen molar-refractivity contribution in [3.8, 4) is 0 Å². The van der Waals surface area contributed by atoms with Gasteiger partial charge < -0.3 is 17.1 Å². The minimum absolute atomic E-state index is 0. The fraction of sp³-hybridized carbons (Fsp3) is 0.684. The summed E-state index contributed by atoms with van der Waals surface area (Å²) in [4.78, 5) is 12.2. The summed E-state index contributed by atoms with van der Waals surface area (Å²) in [5.74, 6) is 2.65. The number of rotatable bonds is 4. The Morgan fingerprint density at radius 3 is 2.39 bits per heavy atom. The average Bonchev–Trinajstić information content (AvgIpc) is 2.44. The molecule has 4 aliphatic carbocycles. The van der Waals surface area contributed by atoms with E-state index < -0.39 is 0 Å². The lowest BCUT2D eigenvalue weighted by Crippen LogP contribution is -3.00. The summed E-state index contributed by atoms with van der Waals surface area (Å²) in [5.41, 5.74) is 1.48. The summed E-state index contributed by atoms with van der Waals surface area (Å²) in [6.07, 6.45) is 12.1. The topological polar surface area (TPSA) is 30.2 Å². The Morgan fingerprint density at radius 1 is 1.22 bits per heavy atom. The minimum Gasteiger partial charge on any atom is -1.00 e. The molecular formula is C19H26ClNO2. The summed E-state index contributed by atoms with van der Waals surface area (Å²) < 4.78 is 7.62. The highest BCUT2D eigenvalue weighted by Crippen LogP contribution is 2.60. The van der Waals surface area contributed by atoms with Gasteiger partial charge in [-0.3, -0.25) is 0 Å². The highest BCUT2D eigenvalue weighted by Gasteiger charge is 2.51. The molecule has 4 bridgehead atoms. The number of hydrogen-bond acceptors (Lipinski definition) is 2. The number of ether oxygens (including phenoxy) is 1. The molecule has 126 valence electrons. The predicted molar refractivity (Wildman–Crippen MR) is 82.9 cm³/mol. The van der Waals surface area contributed by atoms with Crippen LogP contribution in [0.3, 0.4) is 0 Å². The van der Waals surface area contributed by atoms with Gasteiger partial charge in [0.05, 0.1) is 6.61 Å². The largest absolute Gasteiger partial charge is 1.00 e. The summed E-state index contributed by atoms with van der Waals surface area (Å²) in [6, 6.07) is 4.01. The van der Waals surface area contributed by atoms with E-state index in [1.165, 1.54) is 38.5 Å². The summed E-state index contributed by atoms with van der Waals surface area (Å²) in [6.45, 7) is 3.02. The van der Waals surface area contributed by atoms with E-state index >= 15 is 0 Å². The molecule has 0 amide bonds. The van der Waals surface area contributed by atoms with Crippen LogP contribution in [-0.4, -0.2) is 12.6 Å². The highest BCUT2D eigenvalue weighted by molar-refractivity contribution is 5.67. The van der Waals surface area contributed by atoms with Gasteiger partial charge >= 0.3 is 5.97 Å². The van der Waals surface area contributed by atoms with Crippen molar-refractivity contribution in [1.29, 1.82) is 0 Å². The lowest BCUT2D eigenvalue weighted by Gasteiger charge is -2.56. The molecule has 0 aliphatic heterocycles. The van der Waals surface area contributed by atoms with E-state index in [0.717, 1.165) is 23.3 Å². The van der Waals surface area contributed by atoms with Crippen molar-refractivity contribution < 1.29 is 26.5 Å². The molecule has 23 heavy (non-hydrogen) atoms. The number of nitrogens with zero attached hydrogens (tertiary/aromatic N) is 1. The van der Waals surface area contributed by atoms with Gasteiger partial charge in [0.2, 0.25) is 6.54 Å². The maximum Gasteiger partial charge on any atom is 0.372 e. The van der Waals surface area contributed by atoms with Crippen LogP contribution in [0.25, 0.3) is 0 Å². The number of esters is 1. The molecule has 4 heteroatoms. The van der Waals surface area contributed by atoms with Gasteiger partial charge in [-0.15, -0.1) is 0 Å². The maximum atomic E-state index is 12.2. The second-order valence-corrected chi connectivity index (χ2v) is 8.13. The van der Waals surface area contributed by atoms with Gasteiger partial charge in [0, 0.05) is 17.0 Å². The van der Waals surface area contributed by atoms with E-state index in [-0.39, 0.29) is 18.4 Å². The van der Waals surface area contributed by atoms with E-state index in [1.54, 1.807) is 0 Å². The Kier molecular flexibility index (Phi) is 4.68. The summed E-state index contributed by atoms with van der Waals surface area (Å²) in [7, 11) is 0. The van der Waals surface area contributed by atoms with Crippen LogP contribution >= 0.6 is 0 Å². The van der Waals surface area contributed by atoms with Crippen LogP contribution in [0.1, 0.15) is 44.1 Å². The molecule has 0 unspecified atom stereocenters. The van der Waals surface area contributed by atoms with Gasteiger partial charge in [0.25, 0.3) is 0 Å². The van der Waals surface area contributed by atoms with E-state index in [9.17, 15) is 4.79 Å². The molecule has 5 rings (SSSR count). The second-order valence-electron chi connectivity index (χ2n) is 8.13. The van der Waals surface area contributed by atoms with Gasteiger partial charge in [-0.05, 0) is 69.3 Å². The molecular weight excluding hydrogens is 310 g/mol. The Bertz CT molecular complexity index is 551. The van der Waals surface area contributed by atoms with Crippen molar-refractivity contribution in [2.45, 2.75) is 52.0 Å². The molecule has 1 aromatic rings. The van der Waals surface area contributed by atoms with Gasteiger partial charge in [-0.2, -0.15) is 4.57 Å². The van der Waals surface area contributed by atoms with Gasteiger partial charge in [0.15, 0.2) is 12.4 Å². The summed E-state index contributed by atoms with van der Waals surface area (Å²) >= 11 is 0. The third kappa shape index (κ3) is 3.55. The first-order valence-corrected chi connectivity index (χ1v) is 8.72. The monoisotopic (exact) mass is 335 g/mol. The van der Waals surface area contributed by atoms with E-state index in [1.807, 2.05) is 36.0 Å². The normalized spacial score (nSPS) is 34.0. The van der Waals surface area contributed by atoms with E-state index in [0.29, 0.717) is 18.6 Å². The zero-order chi connectivity index (χ0) is 15.2. The van der Waals surface area contributed by atoms with Crippen molar-refractivity contribution in [2.75, 3.05) is 6.61 Å². The lowest BCUT2D eigenvalue weighted by molar-refractivity contribution is -0.686. The standard InChI is InChI=1S/C19H26NO2.ClH/c1-14-3-2-4-20(11-14)12-18(21)22-13-19-8-15-5-16(9-19)7-17(6-15)10-19;/h2-4,11,15-17H,5-10,12-13H2,1H3;1H/q+1;/p-1. The van der Waals surface area contributed by atoms with Crippen LogP contribution < -0.4 is 17.0 Å². The SMILES string of the molecule is Cc1ccc[n+](CC(=O)OCC23CC4CC(CC(C4)C2)C3)c1.[Cl-]. The Labute approximate surface area is 144 Å². The number of carbonyl (C=O) groups is 1. The minimum atomic E-state index is -0.0913. The van der Waals surface area contributed by atoms with Crippen molar-refractivity contribution >= 4 is 5.97 Å². The molecule has 0 radical (unpaired) electrons. The molecule has 0 atom stereocenters. The van der Waals surface area contributed by atoms with Crippen molar-refractivity contribution in [1.82, 2.24) is 0 Å². The van der Waals surface area contributed by atoms with Crippen molar-refractivity contribution in [3.05, 3.63) is 30.1 Å². The van der Waals surface area contributed by atoms with Crippen LogP contribution in [0.15, 0.2) is 24.5 Å². The van der Waals surface area contributed by atoms with Gasteiger partial charge in [-0.25, -0.2) is 4.79 Å². The van der Waals surface area contributed by atoms with E-state index in [2.05, 4.69) is 0 Å². The van der Waals surface area contributed by atoms with Crippen LogP contribution in [0, 0.1) is 30.1 Å². The second kappa shape index (κ2) is 6.43. The average molecular weight is 336 g/mol. The number of aryl methyl sites for hydroxylation is 1. The molecule has 0 aromatic carbocycles. The maximum absolute atomic E-state index is 12.2. The third-order valence-electron chi connectivity index (χ3n) is 6.02. The molecule has 1 heterocycles. The molecule has 0 saturated heterocycles. The zero-order valence-electron chi connectivity index (χ0n) is 13.8. The number of halogens is 1. The number of pyridine rings is 1. The quantitative estimate of drug-likeness (QED) is 0.575. The molecule has 3 nitrogen and oxygen atoms in total. The van der Waals surface area contributed by atoms with Crippen molar-refractivity contribution in [3.63, 3.8) is 0 Å².